The molecule has 0 aliphatic rings. The van der Waals surface area contributed by atoms with Gasteiger partial charge in [0.2, 0.25) is 5.91 Å². The first-order valence-corrected chi connectivity index (χ1v) is 8.79. The molecule has 0 aromatic heterocycles. The van der Waals surface area contributed by atoms with Crippen molar-refractivity contribution in [2.45, 2.75) is 89.7 Å². The summed E-state index contributed by atoms with van der Waals surface area (Å²) in [6.45, 7) is 1.52. The van der Waals surface area contributed by atoms with Gasteiger partial charge < -0.3 is 20.6 Å². The molecule has 2 unspecified atom stereocenters. The number of aliphatic hydroxyl groups is 2. The number of hydrogen-bond acceptors (Lipinski definition) is 4. The summed E-state index contributed by atoms with van der Waals surface area (Å²) in [7, 11) is 0. The van der Waals surface area contributed by atoms with Gasteiger partial charge in [0, 0.05) is 6.04 Å². The molecule has 0 fully saturated rings. The Labute approximate surface area is 139 Å². The van der Waals surface area contributed by atoms with Crippen LogP contribution in [0, 0.1) is 0 Å². The van der Waals surface area contributed by atoms with Crippen molar-refractivity contribution in [3.8, 4) is 0 Å². The number of amides is 1. The molecule has 0 saturated carbocycles. The number of hydrogen-bond donors (Lipinski definition) is 4. The van der Waals surface area contributed by atoms with Crippen molar-refractivity contribution in [1.29, 1.82) is 0 Å². The summed E-state index contributed by atoms with van der Waals surface area (Å²) in [5.74, 6) is -1.65. The highest BCUT2D eigenvalue weighted by Crippen LogP contribution is 2.13. The second kappa shape index (κ2) is 14.5. The van der Waals surface area contributed by atoms with Crippen LogP contribution in [0.4, 0.5) is 0 Å². The van der Waals surface area contributed by atoms with Gasteiger partial charge in [-0.1, -0.05) is 58.3 Å². The van der Waals surface area contributed by atoms with Gasteiger partial charge in [0.15, 0.2) is 0 Å². The van der Waals surface area contributed by atoms with Crippen LogP contribution in [0.5, 0.6) is 0 Å². The van der Waals surface area contributed by atoms with Crippen LogP contribution in [0.25, 0.3) is 0 Å². The topological polar surface area (TPSA) is 107 Å². The van der Waals surface area contributed by atoms with E-state index in [4.69, 9.17) is 10.2 Å². The van der Waals surface area contributed by atoms with E-state index in [2.05, 4.69) is 12.2 Å². The molecule has 136 valence electrons. The second-order valence-corrected chi connectivity index (χ2v) is 6.17. The highest BCUT2D eigenvalue weighted by Gasteiger charge is 2.19. The smallest absolute Gasteiger partial charge is 0.305 e. The van der Waals surface area contributed by atoms with Crippen LogP contribution in [0.15, 0.2) is 0 Å². The van der Waals surface area contributed by atoms with Crippen molar-refractivity contribution in [2.24, 2.45) is 0 Å². The van der Waals surface area contributed by atoms with Gasteiger partial charge in [-0.25, -0.2) is 0 Å². The van der Waals surface area contributed by atoms with Gasteiger partial charge in [-0.3, -0.25) is 9.59 Å². The lowest BCUT2D eigenvalue weighted by Crippen LogP contribution is -2.40. The van der Waals surface area contributed by atoms with Crippen LogP contribution in [-0.2, 0) is 9.59 Å². The molecule has 0 aromatic carbocycles. The number of nitrogens with one attached hydrogen (secondary N) is 1. The molecular formula is C17H33NO5. The minimum Gasteiger partial charge on any atom is -0.481 e. The maximum absolute atomic E-state index is 11.2. The summed E-state index contributed by atoms with van der Waals surface area (Å²) in [6, 6.07) is -0.642. The zero-order valence-corrected chi connectivity index (χ0v) is 14.3. The normalized spacial score (nSPS) is 13.5. The number of carbonyl (C=O) groups is 2. The monoisotopic (exact) mass is 331 g/mol. The molecule has 4 N–H and O–H groups in total. The first kappa shape index (κ1) is 21.9. The number of rotatable bonds is 15. The number of aliphatic hydroxyl groups excluding tert-OH is 2. The summed E-state index contributed by atoms with van der Waals surface area (Å²) in [6.07, 6.45) is 9.40. The number of carbonyl (C=O) groups excluding carboxylic acids is 1. The number of carboxylic acids is 1. The second-order valence-electron chi connectivity index (χ2n) is 6.17. The van der Waals surface area contributed by atoms with Gasteiger partial charge in [-0.05, 0) is 12.8 Å². The summed E-state index contributed by atoms with van der Waals surface area (Å²) in [5, 5.41) is 29.9. The minimum atomic E-state index is -1.03. The third-order valence-corrected chi connectivity index (χ3v) is 3.88. The zero-order chi connectivity index (χ0) is 17.5. The molecule has 0 spiro atoms. The Morgan fingerprint density at radius 2 is 1.57 bits per heavy atom. The van der Waals surface area contributed by atoms with Crippen molar-refractivity contribution in [3.05, 3.63) is 0 Å². The Morgan fingerprint density at radius 3 is 2.09 bits per heavy atom. The fraction of sp³-hybridized carbons (Fsp3) is 0.882. The van der Waals surface area contributed by atoms with Crippen molar-refractivity contribution in [1.82, 2.24) is 5.32 Å². The highest BCUT2D eigenvalue weighted by molar-refractivity contribution is 5.78. The lowest BCUT2D eigenvalue weighted by Gasteiger charge is -2.20. The van der Waals surface area contributed by atoms with Gasteiger partial charge in [-0.2, -0.15) is 0 Å². The van der Waals surface area contributed by atoms with E-state index >= 15 is 0 Å². The molecule has 0 rings (SSSR count). The summed E-state index contributed by atoms with van der Waals surface area (Å²) >= 11 is 0. The first-order valence-electron chi connectivity index (χ1n) is 8.79. The van der Waals surface area contributed by atoms with E-state index < -0.39 is 30.6 Å². The SMILES string of the molecule is CCCCCCCCCCC(O)CC(CC(=O)O)NC(=O)CO. The zero-order valence-electron chi connectivity index (χ0n) is 14.3. The molecular weight excluding hydrogens is 298 g/mol. The van der Waals surface area contributed by atoms with Crippen molar-refractivity contribution in [3.63, 3.8) is 0 Å². The van der Waals surface area contributed by atoms with Crippen molar-refractivity contribution in [2.75, 3.05) is 6.61 Å². The molecule has 0 aliphatic heterocycles. The van der Waals surface area contributed by atoms with Gasteiger partial charge in [0.05, 0.1) is 12.5 Å². The fourth-order valence-corrected chi connectivity index (χ4v) is 2.64. The highest BCUT2D eigenvalue weighted by atomic mass is 16.4. The van der Waals surface area contributed by atoms with Crippen LogP contribution in [-0.4, -0.2) is 45.9 Å². The van der Waals surface area contributed by atoms with E-state index in [1.54, 1.807) is 0 Å². The maximum Gasteiger partial charge on any atom is 0.305 e. The third-order valence-electron chi connectivity index (χ3n) is 3.88. The Balaban J connectivity index is 3.83. The summed E-state index contributed by atoms with van der Waals surface area (Å²) in [5.41, 5.74) is 0. The Morgan fingerprint density at radius 1 is 1.00 bits per heavy atom. The van der Waals surface area contributed by atoms with E-state index in [-0.39, 0.29) is 12.8 Å². The number of unbranched alkanes of at least 4 members (excludes halogenated alkanes) is 7. The van der Waals surface area contributed by atoms with Crippen molar-refractivity contribution >= 4 is 11.9 Å². The lowest BCUT2D eigenvalue weighted by atomic mass is 10.00. The van der Waals surface area contributed by atoms with Crippen LogP contribution in [0.3, 0.4) is 0 Å². The molecule has 23 heavy (non-hydrogen) atoms. The minimum absolute atomic E-state index is 0.203. The summed E-state index contributed by atoms with van der Waals surface area (Å²) < 4.78 is 0. The fourth-order valence-electron chi connectivity index (χ4n) is 2.64. The maximum atomic E-state index is 11.2. The lowest BCUT2D eigenvalue weighted by molar-refractivity contribution is -0.138. The van der Waals surface area contributed by atoms with Gasteiger partial charge in [0.1, 0.15) is 6.61 Å². The average molecular weight is 331 g/mol. The molecule has 1 amide bonds. The molecule has 6 nitrogen and oxygen atoms in total. The Bertz CT molecular complexity index is 322. The van der Waals surface area contributed by atoms with Gasteiger partial charge in [0.25, 0.3) is 0 Å². The largest absolute Gasteiger partial charge is 0.481 e. The average Bonchev–Trinajstić information content (AvgIpc) is 2.49. The molecule has 6 heteroatoms. The standard InChI is InChI=1S/C17H33NO5/c1-2-3-4-5-6-7-8-9-10-15(20)11-14(12-17(22)23)18-16(21)13-19/h14-15,19-20H,2-13H2,1H3,(H,18,21)(H,22,23). The van der Waals surface area contributed by atoms with Crippen LogP contribution >= 0.6 is 0 Å². The number of aliphatic carboxylic acids is 1. The van der Waals surface area contributed by atoms with Crippen molar-refractivity contribution < 1.29 is 24.9 Å². The molecule has 0 aromatic rings. The third kappa shape index (κ3) is 14.2. The van der Waals surface area contributed by atoms with Crippen LogP contribution in [0.1, 0.15) is 77.6 Å². The van der Waals surface area contributed by atoms with Gasteiger partial charge in [-0.15, -0.1) is 0 Å². The Hall–Kier alpha value is -1.14. The van der Waals surface area contributed by atoms with Crippen LogP contribution < -0.4 is 5.32 Å². The molecule has 0 saturated heterocycles. The van der Waals surface area contributed by atoms with E-state index in [9.17, 15) is 14.7 Å². The van der Waals surface area contributed by atoms with Gasteiger partial charge >= 0.3 is 5.97 Å². The molecule has 0 bridgehead atoms. The predicted molar refractivity (Wildman–Crippen MR) is 89.1 cm³/mol. The molecule has 2 atom stereocenters. The summed E-state index contributed by atoms with van der Waals surface area (Å²) in [4.78, 5) is 21.9. The first-order chi connectivity index (χ1) is 11.0. The number of carboxylic acid groups (broad SMARTS) is 1. The van der Waals surface area contributed by atoms with E-state index in [0.717, 1.165) is 19.3 Å². The Kier molecular flexibility index (Phi) is 13.7. The molecule has 0 heterocycles. The predicted octanol–water partition coefficient (Wildman–Crippen LogP) is 2.22. The van der Waals surface area contributed by atoms with E-state index in [1.807, 2.05) is 0 Å². The molecule has 0 radical (unpaired) electrons. The molecule has 0 aliphatic carbocycles. The quantitative estimate of drug-likeness (QED) is 0.344. The van der Waals surface area contributed by atoms with E-state index in [0.29, 0.717) is 6.42 Å². The van der Waals surface area contributed by atoms with E-state index in [1.165, 1.54) is 32.1 Å². The van der Waals surface area contributed by atoms with Crippen LogP contribution in [0.2, 0.25) is 0 Å².